The molecule has 2 amide bonds. The summed E-state index contributed by atoms with van der Waals surface area (Å²) in [7, 11) is -1.21. The Morgan fingerprint density at radius 1 is 1.00 bits per heavy atom. The molecule has 0 spiro atoms. The lowest BCUT2D eigenvalue weighted by atomic mass is 10.1. The minimum absolute atomic E-state index is 0.0543. The molecule has 0 aliphatic heterocycles. The van der Waals surface area contributed by atoms with Crippen molar-refractivity contribution in [2.75, 3.05) is 24.9 Å². The van der Waals surface area contributed by atoms with Crippen LogP contribution in [0.4, 0.5) is 5.69 Å². The molecule has 36 heavy (non-hydrogen) atoms. The van der Waals surface area contributed by atoms with Gasteiger partial charge in [0.1, 0.15) is 12.6 Å². The van der Waals surface area contributed by atoms with E-state index in [0.29, 0.717) is 21.3 Å². The van der Waals surface area contributed by atoms with E-state index in [4.69, 9.17) is 23.2 Å². The molecule has 1 aliphatic rings. The molecule has 2 aromatic rings. The fraction of sp³-hybridized carbons (Fsp3) is 0.440. The van der Waals surface area contributed by atoms with Gasteiger partial charge < -0.3 is 10.2 Å². The van der Waals surface area contributed by atoms with Crippen LogP contribution in [0.1, 0.15) is 38.2 Å². The van der Waals surface area contributed by atoms with Crippen LogP contribution < -0.4 is 9.62 Å². The second kappa shape index (κ2) is 12.3. The molecule has 0 heterocycles. The number of nitrogens with one attached hydrogen (secondary N) is 1. The van der Waals surface area contributed by atoms with E-state index in [1.807, 2.05) is 0 Å². The summed E-state index contributed by atoms with van der Waals surface area (Å²) in [6.45, 7) is 1.06. The highest BCUT2D eigenvalue weighted by Gasteiger charge is 2.33. The Hall–Kier alpha value is -2.33. The molecular formula is C25H32Cl2N4O4S. The number of carbonyl (C=O) groups excluding carboxylic acids is 2. The minimum Gasteiger partial charge on any atom is -0.352 e. The number of carbonyl (C=O) groups is 2. The van der Waals surface area contributed by atoms with Crippen LogP contribution in [0.3, 0.4) is 0 Å². The Bertz CT molecular complexity index is 1150. The fourth-order valence-electron chi connectivity index (χ4n) is 4.14. The average Bonchev–Trinajstić information content (AvgIpc) is 3.35. The maximum Gasteiger partial charge on any atom is 0.304 e. The summed E-state index contributed by atoms with van der Waals surface area (Å²) in [4.78, 5) is 28.2. The van der Waals surface area contributed by atoms with Crippen LogP contribution >= 0.6 is 23.2 Å². The van der Waals surface area contributed by atoms with Gasteiger partial charge >= 0.3 is 10.2 Å². The molecular weight excluding hydrogens is 523 g/mol. The number of hydrogen-bond acceptors (Lipinski definition) is 4. The predicted octanol–water partition coefficient (Wildman–Crippen LogP) is 4.08. The smallest absolute Gasteiger partial charge is 0.304 e. The molecule has 8 nitrogen and oxygen atoms in total. The van der Waals surface area contributed by atoms with Gasteiger partial charge in [-0.05, 0) is 44.0 Å². The van der Waals surface area contributed by atoms with Crippen molar-refractivity contribution in [1.29, 1.82) is 0 Å². The van der Waals surface area contributed by atoms with Crippen molar-refractivity contribution in [3.05, 3.63) is 64.1 Å². The van der Waals surface area contributed by atoms with Crippen molar-refractivity contribution in [2.24, 2.45) is 0 Å². The number of amides is 2. The molecule has 196 valence electrons. The standard InChI is InChI=1S/C25H32Cl2N4O4S/c1-18(25(33)28-19-10-7-8-11-19)30(16-21-22(26)14-9-15-23(21)27)24(32)17-31(36(34,35)29(2)3)20-12-5-4-6-13-20/h4-6,9,12-15,18-19H,7-8,10-11,16-17H2,1-3H3,(H,28,33)/t18-/m0/s1. The SMILES string of the molecule is C[C@@H](C(=O)NC1CCCC1)N(Cc1c(Cl)cccc1Cl)C(=O)CN(c1ccccc1)S(=O)(=O)N(C)C. The van der Waals surface area contributed by atoms with Gasteiger partial charge in [0.25, 0.3) is 0 Å². The fourth-order valence-corrected chi connectivity index (χ4v) is 5.71. The minimum atomic E-state index is -4.01. The lowest BCUT2D eigenvalue weighted by Crippen LogP contribution is -2.53. The Morgan fingerprint density at radius 3 is 2.14 bits per heavy atom. The van der Waals surface area contributed by atoms with Crippen LogP contribution in [0.2, 0.25) is 10.0 Å². The number of anilines is 1. The number of rotatable bonds is 10. The van der Waals surface area contributed by atoms with Gasteiger partial charge in [0.15, 0.2) is 0 Å². The lowest BCUT2D eigenvalue weighted by Gasteiger charge is -2.33. The van der Waals surface area contributed by atoms with Crippen LogP contribution in [0.25, 0.3) is 0 Å². The van der Waals surface area contributed by atoms with E-state index in [0.717, 1.165) is 34.3 Å². The third-order valence-electron chi connectivity index (χ3n) is 6.32. The molecule has 1 fully saturated rings. The van der Waals surface area contributed by atoms with Crippen molar-refractivity contribution in [1.82, 2.24) is 14.5 Å². The zero-order valence-electron chi connectivity index (χ0n) is 20.7. The second-order valence-corrected chi connectivity index (χ2v) is 11.9. The predicted molar refractivity (Wildman–Crippen MR) is 143 cm³/mol. The summed E-state index contributed by atoms with van der Waals surface area (Å²) < 4.78 is 28.4. The monoisotopic (exact) mass is 554 g/mol. The molecule has 1 N–H and O–H groups in total. The van der Waals surface area contributed by atoms with Gasteiger partial charge in [-0.2, -0.15) is 12.7 Å². The van der Waals surface area contributed by atoms with E-state index in [-0.39, 0.29) is 18.5 Å². The maximum atomic E-state index is 13.7. The molecule has 1 saturated carbocycles. The topological polar surface area (TPSA) is 90.0 Å². The van der Waals surface area contributed by atoms with Crippen molar-refractivity contribution >= 4 is 50.9 Å². The van der Waals surface area contributed by atoms with Crippen LogP contribution in [0.5, 0.6) is 0 Å². The van der Waals surface area contributed by atoms with Gasteiger partial charge in [0, 0.05) is 42.3 Å². The third kappa shape index (κ3) is 6.70. The van der Waals surface area contributed by atoms with Gasteiger partial charge in [-0.3, -0.25) is 9.59 Å². The van der Waals surface area contributed by atoms with Crippen molar-refractivity contribution < 1.29 is 18.0 Å². The summed E-state index contributed by atoms with van der Waals surface area (Å²) in [6.07, 6.45) is 3.88. The first kappa shape index (κ1) is 28.2. The molecule has 1 atom stereocenters. The second-order valence-electron chi connectivity index (χ2n) is 9.02. The van der Waals surface area contributed by atoms with E-state index in [2.05, 4.69) is 5.32 Å². The molecule has 0 saturated heterocycles. The summed E-state index contributed by atoms with van der Waals surface area (Å²) in [5.74, 6) is -0.866. The molecule has 2 aromatic carbocycles. The largest absolute Gasteiger partial charge is 0.352 e. The van der Waals surface area contributed by atoms with E-state index >= 15 is 0 Å². The summed E-state index contributed by atoms with van der Waals surface area (Å²) in [6, 6.07) is 12.5. The molecule has 0 radical (unpaired) electrons. The number of nitrogens with zero attached hydrogens (tertiary/aromatic N) is 3. The van der Waals surface area contributed by atoms with Crippen LogP contribution in [0.15, 0.2) is 48.5 Å². The van der Waals surface area contributed by atoms with Gasteiger partial charge in [-0.1, -0.05) is 60.3 Å². The van der Waals surface area contributed by atoms with Gasteiger partial charge in [0.2, 0.25) is 11.8 Å². The highest BCUT2D eigenvalue weighted by atomic mass is 35.5. The van der Waals surface area contributed by atoms with Gasteiger partial charge in [-0.25, -0.2) is 4.31 Å². The molecule has 0 unspecified atom stereocenters. The van der Waals surface area contributed by atoms with Crippen LogP contribution in [-0.4, -0.2) is 62.2 Å². The zero-order valence-corrected chi connectivity index (χ0v) is 23.0. The molecule has 0 bridgehead atoms. The maximum absolute atomic E-state index is 13.7. The van der Waals surface area contributed by atoms with E-state index in [1.165, 1.54) is 19.0 Å². The molecule has 11 heteroatoms. The molecule has 0 aromatic heterocycles. The van der Waals surface area contributed by atoms with E-state index in [1.54, 1.807) is 55.5 Å². The Kier molecular flexibility index (Phi) is 9.63. The zero-order chi connectivity index (χ0) is 26.5. The van der Waals surface area contributed by atoms with Crippen molar-refractivity contribution in [2.45, 2.75) is 51.2 Å². The highest BCUT2D eigenvalue weighted by Crippen LogP contribution is 2.27. The number of benzene rings is 2. The molecule has 1 aliphatic carbocycles. The lowest BCUT2D eigenvalue weighted by molar-refractivity contribution is -0.139. The normalized spacial score (nSPS) is 15.1. The van der Waals surface area contributed by atoms with Crippen molar-refractivity contribution in [3.8, 4) is 0 Å². The molecule has 3 rings (SSSR count). The van der Waals surface area contributed by atoms with Crippen LogP contribution in [-0.2, 0) is 26.3 Å². The third-order valence-corrected chi connectivity index (χ3v) is 8.85. The van der Waals surface area contributed by atoms with E-state index < -0.39 is 28.7 Å². The number of halogens is 2. The first-order valence-electron chi connectivity index (χ1n) is 11.8. The Morgan fingerprint density at radius 2 is 1.58 bits per heavy atom. The number of hydrogen-bond donors (Lipinski definition) is 1. The number of para-hydroxylation sites is 1. The first-order chi connectivity index (χ1) is 17.0. The summed E-state index contributed by atoms with van der Waals surface area (Å²) in [5, 5.41) is 3.73. The van der Waals surface area contributed by atoms with Gasteiger partial charge in [-0.15, -0.1) is 0 Å². The Balaban J connectivity index is 1.95. The van der Waals surface area contributed by atoms with Gasteiger partial charge in [0.05, 0.1) is 5.69 Å². The highest BCUT2D eigenvalue weighted by molar-refractivity contribution is 7.90. The first-order valence-corrected chi connectivity index (χ1v) is 14.0. The van der Waals surface area contributed by atoms with E-state index in [9.17, 15) is 18.0 Å². The van der Waals surface area contributed by atoms with Crippen molar-refractivity contribution in [3.63, 3.8) is 0 Å². The average molecular weight is 556 g/mol. The summed E-state index contributed by atoms with van der Waals surface area (Å²) >= 11 is 12.8. The summed E-state index contributed by atoms with van der Waals surface area (Å²) in [5.41, 5.74) is 0.815. The Labute approximate surface area is 223 Å². The van der Waals surface area contributed by atoms with Crippen LogP contribution in [0, 0.1) is 0 Å². The quantitative estimate of drug-likeness (QED) is 0.479.